The molecule has 2 heteroatoms. The molecule has 0 saturated carbocycles. The van der Waals surface area contributed by atoms with Gasteiger partial charge in [-0.3, -0.25) is 0 Å². The van der Waals surface area contributed by atoms with Gasteiger partial charge in [0.25, 0.3) is 0 Å². The molecule has 1 N–H and O–H groups in total. The van der Waals surface area contributed by atoms with Crippen LogP contribution in [0, 0.1) is 13.8 Å². The van der Waals surface area contributed by atoms with Crippen molar-refractivity contribution in [1.82, 2.24) is 5.32 Å². The highest BCUT2D eigenvalue weighted by Gasteiger charge is 2.21. The lowest BCUT2D eigenvalue weighted by Crippen LogP contribution is -2.25. The summed E-state index contributed by atoms with van der Waals surface area (Å²) in [6.07, 6.45) is 5.03. The predicted octanol–water partition coefficient (Wildman–Crippen LogP) is 5.01. The second kappa shape index (κ2) is 6.07. The molecule has 2 nitrogen and oxygen atoms in total. The number of aryl methyl sites for hydroxylation is 3. The monoisotopic (exact) mass is 283 g/mol. The van der Waals surface area contributed by atoms with E-state index in [0.717, 1.165) is 11.5 Å². The van der Waals surface area contributed by atoms with Gasteiger partial charge in [-0.05, 0) is 57.2 Å². The zero-order valence-electron chi connectivity index (χ0n) is 13.3. The third kappa shape index (κ3) is 3.06. The summed E-state index contributed by atoms with van der Waals surface area (Å²) < 4.78 is 5.68. The van der Waals surface area contributed by atoms with E-state index in [1.165, 1.54) is 42.4 Å². The van der Waals surface area contributed by atoms with Gasteiger partial charge in [-0.1, -0.05) is 30.7 Å². The molecule has 21 heavy (non-hydrogen) atoms. The minimum Gasteiger partial charge on any atom is -0.466 e. The second-order valence-electron chi connectivity index (χ2n) is 6.25. The smallest absolute Gasteiger partial charge is 0.105 e. The summed E-state index contributed by atoms with van der Waals surface area (Å²) in [7, 11) is 0. The molecule has 0 aliphatic heterocycles. The fraction of sp³-hybridized carbons (Fsp3) is 0.474. The minimum absolute atomic E-state index is 0.318. The van der Waals surface area contributed by atoms with Gasteiger partial charge in [-0.25, -0.2) is 0 Å². The van der Waals surface area contributed by atoms with Crippen LogP contribution in [0.2, 0.25) is 0 Å². The molecule has 0 fully saturated rings. The van der Waals surface area contributed by atoms with Crippen molar-refractivity contribution in [3.8, 4) is 0 Å². The fourth-order valence-electron chi connectivity index (χ4n) is 3.57. The molecule has 0 radical (unpaired) electrons. The predicted molar refractivity (Wildman–Crippen MR) is 86.5 cm³/mol. The number of rotatable bonds is 3. The van der Waals surface area contributed by atoms with Crippen LogP contribution in [-0.4, -0.2) is 0 Å². The maximum Gasteiger partial charge on any atom is 0.105 e. The van der Waals surface area contributed by atoms with E-state index in [9.17, 15) is 0 Å². The number of fused-ring (bicyclic) bond motifs is 1. The second-order valence-corrected chi connectivity index (χ2v) is 6.25. The topological polar surface area (TPSA) is 25.2 Å². The van der Waals surface area contributed by atoms with Gasteiger partial charge in [0.05, 0.1) is 0 Å². The van der Waals surface area contributed by atoms with Crippen LogP contribution in [0.4, 0.5) is 0 Å². The lowest BCUT2D eigenvalue weighted by Gasteiger charge is -2.24. The maximum atomic E-state index is 5.68. The molecule has 1 aromatic carbocycles. The molecule has 0 spiro atoms. The van der Waals surface area contributed by atoms with E-state index in [1.807, 2.05) is 6.92 Å². The molecule has 3 rings (SSSR count). The van der Waals surface area contributed by atoms with Gasteiger partial charge >= 0.3 is 0 Å². The number of nitrogens with one attached hydrogen (secondary N) is 1. The molecule has 0 amide bonds. The van der Waals surface area contributed by atoms with E-state index in [1.54, 1.807) is 0 Å². The minimum atomic E-state index is 0.318. The van der Waals surface area contributed by atoms with Crippen molar-refractivity contribution in [2.24, 2.45) is 0 Å². The highest BCUT2D eigenvalue weighted by Crippen LogP contribution is 2.31. The van der Waals surface area contributed by atoms with Crippen LogP contribution in [0.5, 0.6) is 0 Å². The highest BCUT2D eigenvalue weighted by atomic mass is 16.3. The van der Waals surface area contributed by atoms with Crippen LogP contribution in [0.25, 0.3) is 0 Å². The first kappa shape index (κ1) is 14.4. The van der Waals surface area contributed by atoms with Crippen molar-refractivity contribution < 1.29 is 4.42 Å². The number of hydrogen-bond donors (Lipinski definition) is 1. The third-order valence-corrected chi connectivity index (χ3v) is 4.62. The van der Waals surface area contributed by atoms with Gasteiger partial charge in [0.1, 0.15) is 11.5 Å². The molecule has 112 valence electrons. The Morgan fingerprint density at radius 3 is 2.76 bits per heavy atom. The zero-order valence-corrected chi connectivity index (χ0v) is 13.3. The molecule has 2 aromatic rings. The van der Waals surface area contributed by atoms with Crippen molar-refractivity contribution in [2.45, 2.75) is 58.5 Å². The molecule has 1 aliphatic carbocycles. The Morgan fingerprint density at radius 1 is 1.19 bits per heavy atom. The average Bonchev–Trinajstić information content (AvgIpc) is 2.69. The Bertz CT molecular complexity index is 614. The highest BCUT2D eigenvalue weighted by molar-refractivity contribution is 5.32. The molecular formula is C19H25NO. The summed E-state index contributed by atoms with van der Waals surface area (Å²) in [5.41, 5.74) is 4.29. The normalized spacial score (nSPS) is 19.9. The van der Waals surface area contributed by atoms with E-state index in [0.29, 0.717) is 12.1 Å². The van der Waals surface area contributed by atoms with Gasteiger partial charge in [0.2, 0.25) is 0 Å². The Kier molecular flexibility index (Phi) is 4.16. The van der Waals surface area contributed by atoms with Crippen molar-refractivity contribution in [3.05, 3.63) is 58.5 Å². The SMILES string of the molecule is Cc1cc(C(C)NC2CCCCc3ccccc32)c(C)o1. The quantitative estimate of drug-likeness (QED) is 0.801. The largest absolute Gasteiger partial charge is 0.466 e. The Hall–Kier alpha value is -1.54. The van der Waals surface area contributed by atoms with Crippen LogP contribution >= 0.6 is 0 Å². The van der Waals surface area contributed by atoms with Crippen LogP contribution in [0.1, 0.15) is 66.5 Å². The molecule has 1 aliphatic rings. The first-order valence-electron chi connectivity index (χ1n) is 8.06. The lowest BCUT2D eigenvalue weighted by molar-refractivity contribution is 0.429. The zero-order chi connectivity index (χ0) is 14.8. The molecule has 2 unspecified atom stereocenters. The summed E-state index contributed by atoms with van der Waals surface area (Å²) in [6.45, 7) is 6.32. The molecular weight excluding hydrogens is 258 g/mol. The van der Waals surface area contributed by atoms with E-state index in [-0.39, 0.29) is 0 Å². The Morgan fingerprint density at radius 2 is 2.00 bits per heavy atom. The van der Waals surface area contributed by atoms with E-state index < -0.39 is 0 Å². The Labute approximate surface area is 127 Å². The van der Waals surface area contributed by atoms with Gasteiger partial charge in [-0.15, -0.1) is 0 Å². The first-order valence-corrected chi connectivity index (χ1v) is 8.06. The summed E-state index contributed by atoms with van der Waals surface area (Å²) in [5.74, 6) is 2.03. The van der Waals surface area contributed by atoms with Gasteiger partial charge < -0.3 is 9.73 Å². The average molecular weight is 283 g/mol. The van der Waals surface area contributed by atoms with Crippen molar-refractivity contribution in [3.63, 3.8) is 0 Å². The van der Waals surface area contributed by atoms with Gasteiger partial charge in [0.15, 0.2) is 0 Å². The van der Waals surface area contributed by atoms with Crippen LogP contribution in [-0.2, 0) is 6.42 Å². The molecule has 0 saturated heterocycles. The third-order valence-electron chi connectivity index (χ3n) is 4.62. The summed E-state index contributed by atoms with van der Waals surface area (Å²) in [5, 5.41) is 3.83. The summed E-state index contributed by atoms with van der Waals surface area (Å²) >= 11 is 0. The van der Waals surface area contributed by atoms with Crippen LogP contribution < -0.4 is 5.32 Å². The van der Waals surface area contributed by atoms with Crippen LogP contribution in [0.15, 0.2) is 34.7 Å². The molecule has 0 bridgehead atoms. The molecule has 2 atom stereocenters. The van der Waals surface area contributed by atoms with Crippen molar-refractivity contribution in [2.75, 3.05) is 0 Å². The van der Waals surface area contributed by atoms with Gasteiger partial charge in [0, 0.05) is 17.6 Å². The molecule has 1 aromatic heterocycles. The number of benzene rings is 1. The van der Waals surface area contributed by atoms with Crippen molar-refractivity contribution in [1.29, 1.82) is 0 Å². The number of furan rings is 1. The van der Waals surface area contributed by atoms with Crippen LogP contribution in [0.3, 0.4) is 0 Å². The summed E-state index contributed by atoms with van der Waals surface area (Å²) in [4.78, 5) is 0. The first-order chi connectivity index (χ1) is 10.1. The maximum absolute atomic E-state index is 5.68. The van der Waals surface area contributed by atoms with Gasteiger partial charge in [-0.2, -0.15) is 0 Å². The van der Waals surface area contributed by atoms with Crippen molar-refractivity contribution >= 4 is 0 Å². The number of hydrogen-bond acceptors (Lipinski definition) is 2. The standard InChI is InChI=1S/C19H25NO/c1-13-12-18(15(3)21-13)14(2)20-19-11-7-5-9-16-8-4-6-10-17(16)19/h4,6,8,10,12,14,19-20H,5,7,9,11H2,1-3H3. The van der Waals surface area contributed by atoms with E-state index in [2.05, 4.69) is 49.5 Å². The lowest BCUT2D eigenvalue weighted by atomic mass is 9.97. The summed E-state index contributed by atoms with van der Waals surface area (Å²) in [6, 6.07) is 11.8. The fourth-order valence-corrected chi connectivity index (χ4v) is 3.57. The Balaban J connectivity index is 1.82. The molecule has 1 heterocycles. The van der Waals surface area contributed by atoms with E-state index in [4.69, 9.17) is 4.42 Å². The van der Waals surface area contributed by atoms with E-state index >= 15 is 0 Å².